The van der Waals surface area contributed by atoms with Crippen LogP contribution in [0.15, 0.2) is 23.1 Å². The van der Waals surface area contributed by atoms with Crippen molar-refractivity contribution in [3.05, 3.63) is 51.3 Å². The van der Waals surface area contributed by atoms with Crippen molar-refractivity contribution >= 4 is 16.9 Å². The molecule has 0 atom stereocenters. The summed E-state index contributed by atoms with van der Waals surface area (Å²) in [5.74, 6) is 2.72. The Kier molecular flexibility index (Phi) is 5.25. The van der Waals surface area contributed by atoms with Gasteiger partial charge < -0.3 is 9.64 Å². The van der Waals surface area contributed by atoms with Crippen molar-refractivity contribution in [1.82, 2.24) is 24.8 Å². The van der Waals surface area contributed by atoms with Gasteiger partial charge in [-0.25, -0.2) is 15.0 Å². The lowest BCUT2D eigenvalue weighted by Crippen LogP contribution is -2.34. The van der Waals surface area contributed by atoms with Crippen molar-refractivity contribution in [3.8, 4) is 5.75 Å². The molecule has 172 valence electrons. The Hall–Kier alpha value is -3.00. The number of benzene rings is 1. The molecule has 2 fully saturated rings. The average Bonchev–Trinajstić information content (AvgIpc) is 3.69. The van der Waals surface area contributed by atoms with Gasteiger partial charge in [-0.1, -0.05) is 6.42 Å². The van der Waals surface area contributed by atoms with Gasteiger partial charge >= 0.3 is 0 Å². The first-order chi connectivity index (χ1) is 16.2. The first-order valence-corrected chi connectivity index (χ1v) is 12.1. The van der Waals surface area contributed by atoms with E-state index in [0.717, 1.165) is 73.8 Å². The van der Waals surface area contributed by atoms with E-state index in [2.05, 4.69) is 19.8 Å². The summed E-state index contributed by atoms with van der Waals surface area (Å²) in [7, 11) is 1.66. The molecule has 1 aromatic carbocycles. The van der Waals surface area contributed by atoms with E-state index < -0.39 is 0 Å². The molecule has 2 aliphatic heterocycles. The van der Waals surface area contributed by atoms with Gasteiger partial charge in [-0.05, 0) is 56.3 Å². The van der Waals surface area contributed by atoms with Crippen molar-refractivity contribution < 1.29 is 4.74 Å². The van der Waals surface area contributed by atoms with Crippen LogP contribution in [0.2, 0.25) is 0 Å². The number of hydrogen-bond acceptors (Lipinski definition) is 7. The van der Waals surface area contributed by atoms with Gasteiger partial charge in [0.2, 0.25) is 5.95 Å². The van der Waals surface area contributed by atoms with Crippen LogP contribution < -0.4 is 15.2 Å². The Morgan fingerprint density at radius 2 is 1.97 bits per heavy atom. The van der Waals surface area contributed by atoms with Crippen LogP contribution in [0.4, 0.5) is 5.95 Å². The number of rotatable bonds is 5. The van der Waals surface area contributed by atoms with Crippen LogP contribution in [-0.2, 0) is 19.5 Å². The van der Waals surface area contributed by atoms with E-state index in [1.54, 1.807) is 7.11 Å². The number of ether oxygens (including phenoxy) is 1. The highest BCUT2D eigenvalue weighted by molar-refractivity contribution is 5.85. The maximum atomic E-state index is 13.1. The molecule has 0 spiro atoms. The molecule has 1 saturated carbocycles. The highest BCUT2D eigenvalue weighted by Gasteiger charge is 2.28. The van der Waals surface area contributed by atoms with Crippen LogP contribution >= 0.6 is 0 Å². The van der Waals surface area contributed by atoms with Gasteiger partial charge in [0.1, 0.15) is 11.6 Å². The fraction of sp³-hybridized carbons (Fsp3) is 0.520. The monoisotopic (exact) mass is 446 g/mol. The highest BCUT2D eigenvalue weighted by atomic mass is 16.5. The summed E-state index contributed by atoms with van der Waals surface area (Å²) < 4.78 is 5.49. The number of nitrogens with zero attached hydrogens (tertiary/aromatic N) is 5. The summed E-state index contributed by atoms with van der Waals surface area (Å²) >= 11 is 0. The van der Waals surface area contributed by atoms with E-state index in [4.69, 9.17) is 14.7 Å². The second-order valence-corrected chi connectivity index (χ2v) is 9.54. The van der Waals surface area contributed by atoms with E-state index in [-0.39, 0.29) is 5.56 Å². The predicted octanol–water partition coefficient (Wildman–Crippen LogP) is 3.15. The minimum Gasteiger partial charge on any atom is -0.497 e. The minimum atomic E-state index is -0.0709. The van der Waals surface area contributed by atoms with E-state index in [1.807, 2.05) is 18.3 Å². The van der Waals surface area contributed by atoms with E-state index in [1.165, 1.54) is 19.3 Å². The molecule has 0 unspecified atom stereocenters. The Bertz CT molecular complexity index is 1250. The number of methoxy groups -OCH3 is 1. The molecule has 8 nitrogen and oxygen atoms in total. The Balaban J connectivity index is 1.26. The van der Waals surface area contributed by atoms with Crippen LogP contribution in [0.5, 0.6) is 5.75 Å². The smallest absolute Gasteiger partial charge is 0.260 e. The number of likely N-dealkylation sites (tertiary alicyclic amines) is 1. The van der Waals surface area contributed by atoms with Crippen LogP contribution in [0.3, 0.4) is 0 Å². The number of piperidine rings is 1. The molecular formula is C25H30N6O2. The van der Waals surface area contributed by atoms with E-state index in [0.29, 0.717) is 29.3 Å². The van der Waals surface area contributed by atoms with Gasteiger partial charge in [0.25, 0.3) is 5.56 Å². The van der Waals surface area contributed by atoms with Crippen LogP contribution in [0.25, 0.3) is 10.9 Å². The van der Waals surface area contributed by atoms with Gasteiger partial charge in [-0.3, -0.25) is 14.7 Å². The van der Waals surface area contributed by atoms with Crippen LogP contribution in [0, 0.1) is 0 Å². The molecule has 8 heteroatoms. The van der Waals surface area contributed by atoms with Crippen molar-refractivity contribution in [3.63, 3.8) is 0 Å². The summed E-state index contributed by atoms with van der Waals surface area (Å²) in [6.45, 7) is 4.53. The lowest BCUT2D eigenvalue weighted by atomic mass is 10.0. The summed E-state index contributed by atoms with van der Waals surface area (Å²) in [6.07, 6.45) is 8.88. The normalized spacial score (nSPS) is 19.0. The Morgan fingerprint density at radius 1 is 1.12 bits per heavy atom. The molecular weight excluding hydrogens is 416 g/mol. The van der Waals surface area contributed by atoms with E-state index in [9.17, 15) is 4.79 Å². The maximum Gasteiger partial charge on any atom is 0.260 e. The molecule has 6 rings (SSSR count). The van der Waals surface area contributed by atoms with Gasteiger partial charge in [-0.2, -0.15) is 0 Å². The van der Waals surface area contributed by atoms with Gasteiger partial charge in [0.05, 0.1) is 30.3 Å². The molecule has 0 bridgehead atoms. The van der Waals surface area contributed by atoms with Crippen molar-refractivity contribution in [2.45, 2.75) is 57.5 Å². The zero-order chi connectivity index (χ0) is 22.4. The number of fused-ring (bicyclic) bond motifs is 2. The third kappa shape index (κ3) is 4.08. The molecule has 3 aliphatic rings. The second-order valence-electron chi connectivity index (χ2n) is 9.54. The third-order valence-electron chi connectivity index (χ3n) is 7.15. The van der Waals surface area contributed by atoms with Crippen molar-refractivity contribution in [1.29, 1.82) is 0 Å². The summed E-state index contributed by atoms with van der Waals surface area (Å²) in [4.78, 5) is 35.1. The SMILES string of the molecule is COc1cc(C2CC2)c2c(=O)[nH]c(N3CCc4nc(CN5CCCCC5)ncc4C3)nc2c1. The van der Waals surface area contributed by atoms with E-state index >= 15 is 0 Å². The predicted molar refractivity (Wildman–Crippen MR) is 127 cm³/mol. The number of aromatic amines is 1. The van der Waals surface area contributed by atoms with Crippen molar-refractivity contribution in [2.24, 2.45) is 0 Å². The first kappa shape index (κ1) is 20.6. The fourth-order valence-electron chi connectivity index (χ4n) is 5.18. The highest BCUT2D eigenvalue weighted by Crippen LogP contribution is 2.43. The largest absolute Gasteiger partial charge is 0.497 e. The molecule has 1 saturated heterocycles. The number of H-pyrrole nitrogens is 1. The average molecular weight is 447 g/mol. The topological polar surface area (TPSA) is 87.2 Å². The maximum absolute atomic E-state index is 13.1. The minimum absolute atomic E-state index is 0.0709. The molecule has 1 N–H and O–H groups in total. The van der Waals surface area contributed by atoms with Crippen molar-refractivity contribution in [2.75, 3.05) is 31.6 Å². The second kappa shape index (κ2) is 8.41. The van der Waals surface area contributed by atoms with Crippen LogP contribution in [-0.4, -0.2) is 51.6 Å². The number of aromatic nitrogens is 4. The molecule has 0 amide bonds. The lowest BCUT2D eigenvalue weighted by Gasteiger charge is -2.29. The third-order valence-corrected chi connectivity index (χ3v) is 7.15. The molecule has 0 radical (unpaired) electrons. The fourth-order valence-corrected chi connectivity index (χ4v) is 5.18. The molecule has 3 aromatic rings. The Labute approximate surface area is 193 Å². The lowest BCUT2D eigenvalue weighted by molar-refractivity contribution is 0.215. The molecule has 4 heterocycles. The number of hydrogen-bond donors (Lipinski definition) is 1. The zero-order valence-electron chi connectivity index (χ0n) is 19.1. The van der Waals surface area contributed by atoms with Crippen LogP contribution in [0.1, 0.15) is 60.7 Å². The van der Waals surface area contributed by atoms with Gasteiger partial charge in [0, 0.05) is 37.3 Å². The summed E-state index contributed by atoms with van der Waals surface area (Å²) in [5.41, 5.74) is 3.92. The summed E-state index contributed by atoms with van der Waals surface area (Å²) in [6, 6.07) is 3.86. The molecule has 2 aromatic heterocycles. The number of anilines is 1. The standard InChI is InChI=1S/C25H30N6O2/c1-33-18-11-19(16-5-6-16)23-21(12-18)28-25(29-24(23)32)31-10-7-20-17(14-31)13-26-22(27-20)15-30-8-3-2-4-9-30/h11-13,16H,2-10,14-15H2,1H3,(H,28,29,32). The van der Waals surface area contributed by atoms with Gasteiger partial charge in [0.15, 0.2) is 0 Å². The molecule has 33 heavy (non-hydrogen) atoms. The van der Waals surface area contributed by atoms with Gasteiger partial charge in [-0.15, -0.1) is 0 Å². The summed E-state index contributed by atoms with van der Waals surface area (Å²) in [5, 5.41) is 0.699. The number of nitrogens with one attached hydrogen (secondary N) is 1. The molecule has 1 aliphatic carbocycles. The first-order valence-electron chi connectivity index (χ1n) is 12.1. The zero-order valence-corrected chi connectivity index (χ0v) is 19.1. The quantitative estimate of drug-likeness (QED) is 0.644. The Morgan fingerprint density at radius 3 is 2.76 bits per heavy atom.